The second kappa shape index (κ2) is 4.50. The number of carbonyl (C=O) groups is 2. The maximum Gasteiger partial charge on any atom is 0.307 e. The molecule has 2 unspecified atom stereocenters. The number of pyridine rings is 1. The lowest BCUT2D eigenvalue weighted by molar-refractivity contribution is -0.142. The largest absolute Gasteiger partial charge is 0.481 e. The maximum atomic E-state index is 12.5. The summed E-state index contributed by atoms with van der Waals surface area (Å²) < 4.78 is 0. The van der Waals surface area contributed by atoms with E-state index in [9.17, 15) is 14.7 Å². The van der Waals surface area contributed by atoms with E-state index >= 15 is 0 Å². The molecule has 0 bridgehead atoms. The molecule has 1 aliphatic rings. The van der Waals surface area contributed by atoms with E-state index in [1.54, 1.807) is 18.5 Å². The number of hydrogen-bond acceptors (Lipinski definition) is 3. The Labute approximate surface area is 109 Å². The smallest absolute Gasteiger partial charge is 0.307 e. The van der Waals surface area contributed by atoms with Gasteiger partial charge < -0.3 is 10.1 Å². The summed E-state index contributed by atoms with van der Waals surface area (Å²) >= 11 is 0. The molecule has 0 aromatic carbocycles. The fourth-order valence-corrected chi connectivity index (χ4v) is 2.93. The van der Waals surface area contributed by atoms with Crippen molar-refractivity contribution in [1.82, 2.24) is 9.97 Å². The van der Waals surface area contributed by atoms with Crippen LogP contribution in [0.15, 0.2) is 24.5 Å². The summed E-state index contributed by atoms with van der Waals surface area (Å²) in [5.74, 6) is -1.90. The van der Waals surface area contributed by atoms with Crippen molar-refractivity contribution in [3.63, 3.8) is 0 Å². The van der Waals surface area contributed by atoms with Gasteiger partial charge in [0.25, 0.3) is 0 Å². The number of fused-ring (bicyclic) bond motifs is 1. The Morgan fingerprint density at radius 3 is 2.89 bits per heavy atom. The van der Waals surface area contributed by atoms with E-state index in [1.165, 1.54) is 0 Å². The van der Waals surface area contributed by atoms with Crippen LogP contribution in [0.3, 0.4) is 0 Å². The molecule has 2 heterocycles. The summed E-state index contributed by atoms with van der Waals surface area (Å²) in [5, 5.41) is 9.94. The number of hydrogen-bond donors (Lipinski definition) is 2. The van der Waals surface area contributed by atoms with Gasteiger partial charge in [0.2, 0.25) is 0 Å². The van der Waals surface area contributed by atoms with Crippen molar-refractivity contribution < 1.29 is 14.7 Å². The first-order valence-electron chi connectivity index (χ1n) is 6.37. The van der Waals surface area contributed by atoms with Crippen LogP contribution < -0.4 is 0 Å². The second-order valence-electron chi connectivity index (χ2n) is 4.95. The van der Waals surface area contributed by atoms with Crippen molar-refractivity contribution in [3.05, 3.63) is 30.1 Å². The first-order chi connectivity index (χ1) is 9.18. The number of aromatic nitrogens is 2. The van der Waals surface area contributed by atoms with Gasteiger partial charge in [-0.2, -0.15) is 0 Å². The fourth-order valence-electron chi connectivity index (χ4n) is 2.93. The number of aromatic amines is 1. The van der Waals surface area contributed by atoms with Crippen molar-refractivity contribution in [3.8, 4) is 0 Å². The van der Waals surface area contributed by atoms with E-state index in [1.807, 2.05) is 6.07 Å². The number of nitrogens with zero attached hydrogens (tertiary/aromatic N) is 1. The normalized spacial score (nSPS) is 22.7. The van der Waals surface area contributed by atoms with Crippen LogP contribution in [-0.2, 0) is 4.79 Å². The SMILES string of the molecule is O=C(O)C1CCCC1C(=O)c1c[nH]c2ncccc12. The third-order valence-electron chi connectivity index (χ3n) is 3.89. The first kappa shape index (κ1) is 11.9. The van der Waals surface area contributed by atoms with Gasteiger partial charge in [-0.15, -0.1) is 0 Å². The zero-order valence-corrected chi connectivity index (χ0v) is 10.3. The minimum absolute atomic E-state index is 0.0795. The Hall–Kier alpha value is -2.17. The Kier molecular flexibility index (Phi) is 2.81. The Morgan fingerprint density at radius 1 is 1.32 bits per heavy atom. The molecular formula is C14H14N2O3. The molecular weight excluding hydrogens is 244 g/mol. The molecule has 19 heavy (non-hydrogen) atoms. The molecule has 98 valence electrons. The van der Waals surface area contributed by atoms with Gasteiger partial charge in [-0.25, -0.2) is 4.98 Å². The lowest BCUT2D eigenvalue weighted by Gasteiger charge is -2.13. The van der Waals surface area contributed by atoms with Crippen molar-refractivity contribution in [2.75, 3.05) is 0 Å². The minimum atomic E-state index is -0.867. The van der Waals surface area contributed by atoms with Gasteiger partial charge in [-0.05, 0) is 25.0 Å². The van der Waals surface area contributed by atoms with E-state index in [-0.39, 0.29) is 5.78 Å². The second-order valence-corrected chi connectivity index (χ2v) is 4.95. The van der Waals surface area contributed by atoms with Crippen molar-refractivity contribution in [1.29, 1.82) is 0 Å². The Bertz CT molecular complexity index is 647. The highest BCUT2D eigenvalue weighted by Crippen LogP contribution is 2.35. The molecule has 2 aromatic heterocycles. The summed E-state index contributed by atoms with van der Waals surface area (Å²) in [6, 6.07) is 3.60. The molecule has 1 saturated carbocycles. The number of rotatable bonds is 3. The molecule has 1 fully saturated rings. The predicted octanol–water partition coefficient (Wildman–Crippen LogP) is 2.25. The van der Waals surface area contributed by atoms with Gasteiger partial charge in [0, 0.05) is 29.3 Å². The van der Waals surface area contributed by atoms with Crippen molar-refractivity contribution in [2.45, 2.75) is 19.3 Å². The predicted molar refractivity (Wildman–Crippen MR) is 68.9 cm³/mol. The topological polar surface area (TPSA) is 83.0 Å². The third-order valence-corrected chi connectivity index (χ3v) is 3.89. The number of nitrogens with one attached hydrogen (secondary N) is 1. The molecule has 0 amide bonds. The van der Waals surface area contributed by atoms with Crippen LogP contribution in [0.4, 0.5) is 0 Å². The summed E-state index contributed by atoms with van der Waals surface area (Å²) in [6.45, 7) is 0. The van der Waals surface area contributed by atoms with Gasteiger partial charge in [-0.3, -0.25) is 9.59 Å². The van der Waals surface area contributed by atoms with E-state index < -0.39 is 17.8 Å². The highest BCUT2D eigenvalue weighted by molar-refractivity contribution is 6.09. The van der Waals surface area contributed by atoms with Gasteiger partial charge in [-0.1, -0.05) is 6.42 Å². The van der Waals surface area contributed by atoms with E-state index in [2.05, 4.69) is 9.97 Å². The quantitative estimate of drug-likeness (QED) is 0.827. The average molecular weight is 258 g/mol. The molecule has 2 atom stereocenters. The van der Waals surface area contributed by atoms with E-state index in [4.69, 9.17) is 0 Å². The monoisotopic (exact) mass is 258 g/mol. The molecule has 3 rings (SSSR count). The molecule has 0 saturated heterocycles. The molecule has 0 radical (unpaired) electrons. The van der Waals surface area contributed by atoms with Gasteiger partial charge in [0.1, 0.15) is 5.65 Å². The van der Waals surface area contributed by atoms with Gasteiger partial charge in [0.15, 0.2) is 5.78 Å². The lowest BCUT2D eigenvalue weighted by atomic mass is 9.88. The molecule has 5 heteroatoms. The third kappa shape index (κ3) is 1.91. The van der Waals surface area contributed by atoms with Crippen molar-refractivity contribution >= 4 is 22.8 Å². The van der Waals surface area contributed by atoms with Crippen LogP contribution in [0.2, 0.25) is 0 Å². The Balaban J connectivity index is 1.98. The molecule has 2 aromatic rings. The maximum absolute atomic E-state index is 12.5. The molecule has 2 N–H and O–H groups in total. The summed E-state index contributed by atoms with van der Waals surface area (Å²) in [7, 11) is 0. The number of carbonyl (C=O) groups excluding carboxylic acids is 1. The number of Topliss-reactive ketones (excluding diaryl/α,β-unsaturated/α-hetero) is 1. The van der Waals surface area contributed by atoms with Crippen LogP contribution in [0.1, 0.15) is 29.6 Å². The highest BCUT2D eigenvalue weighted by atomic mass is 16.4. The number of H-pyrrole nitrogens is 1. The number of ketones is 1. The van der Waals surface area contributed by atoms with Crippen LogP contribution in [0.25, 0.3) is 11.0 Å². The molecule has 1 aliphatic carbocycles. The molecule has 0 spiro atoms. The lowest BCUT2D eigenvalue weighted by Crippen LogP contribution is -2.25. The summed E-state index contributed by atoms with van der Waals surface area (Å²) in [5.41, 5.74) is 1.22. The van der Waals surface area contributed by atoms with Crippen LogP contribution in [0.5, 0.6) is 0 Å². The number of carboxylic acid groups (broad SMARTS) is 1. The van der Waals surface area contributed by atoms with Crippen LogP contribution in [-0.4, -0.2) is 26.8 Å². The summed E-state index contributed by atoms with van der Waals surface area (Å²) in [4.78, 5) is 30.8. The minimum Gasteiger partial charge on any atom is -0.481 e. The molecule has 5 nitrogen and oxygen atoms in total. The van der Waals surface area contributed by atoms with Crippen molar-refractivity contribution in [2.24, 2.45) is 11.8 Å². The summed E-state index contributed by atoms with van der Waals surface area (Å²) in [6.07, 6.45) is 5.34. The number of carboxylic acids is 1. The zero-order chi connectivity index (χ0) is 13.4. The Morgan fingerprint density at radius 2 is 2.11 bits per heavy atom. The van der Waals surface area contributed by atoms with Gasteiger partial charge in [0.05, 0.1) is 5.92 Å². The standard InChI is InChI=1S/C14H14N2O3/c17-12(8-3-1-4-10(8)14(18)19)11-7-16-13-9(11)5-2-6-15-13/h2,5-8,10H,1,3-4H2,(H,15,16)(H,18,19). The zero-order valence-electron chi connectivity index (χ0n) is 10.3. The number of aliphatic carboxylic acids is 1. The van der Waals surface area contributed by atoms with Crippen LogP contribution in [0, 0.1) is 11.8 Å². The fraction of sp³-hybridized carbons (Fsp3) is 0.357. The van der Waals surface area contributed by atoms with E-state index in [0.717, 1.165) is 11.8 Å². The van der Waals surface area contributed by atoms with Crippen LogP contribution >= 0.6 is 0 Å². The van der Waals surface area contributed by atoms with E-state index in [0.29, 0.717) is 24.1 Å². The highest BCUT2D eigenvalue weighted by Gasteiger charge is 2.38. The van der Waals surface area contributed by atoms with Gasteiger partial charge >= 0.3 is 5.97 Å². The average Bonchev–Trinajstić information content (AvgIpc) is 3.05. The first-order valence-corrected chi connectivity index (χ1v) is 6.37. The molecule has 0 aliphatic heterocycles.